The molecule has 0 aliphatic carbocycles. The number of nitrogen functional groups attached to an aromatic ring is 1. The summed E-state index contributed by atoms with van der Waals surface area (Å²) < 4.78 is 118. The number of hydrogen-bond donors (Lipinski definition) is 5. The number of likely N-dealkylation sites (tertiary alicyclic amines) is 1. The molecule has 26 heteroatoms. The number of aliphatic carboxylic acids is 3. The van der Waals surface area contributed by atoms with Crippen molar-refractivity contribution in [3.63, 3.8) is 0 Å². The van der Waals surface area contributed by atoms with E-state index < -0.39 is 47.8 Å². The van der Waals surface area contributed by atoms with Crippen molar-refractivity contribution in [2.24, 2.45) is 5.73 Å². The van der Waals surface area contributed by atoms with E-state index in [1.165, 1.54) is 18.5 Å². The van der Waals surface area contributed by atoms with Gasteiger partial charge in [-0.15, -0.1) is 0 Å². The van der Waals surface area contributed by atoms with Crippen LogP contribution in [0, 0.1) is 17.1 Å². The van der Waals surface area contributed by atoms with E-state index >= 15 is 4.39 Å². The number of halogens is 10. The van der Waals surface area contributed by atoms with E-state index in [1.807, 2.05) is 24.3 Å². The van der Waals surface area contributed by atoms with Crippen LogP contribution < -0.4 is 16.2 Å². The minimum Gasteiger partial charge on any atom is -0.475 e. The molecule has 1 saturated heterocycles. The lowest BCUT2D eigenvalue weighted by molar-refractivity contribution is -0.193. The highest BCUT2D eigenvalue weighted by Gasteiger charge is 2.39. The monoisotopic (exact) mass is 882 g/mol. The molecular formula is C35H32F10N8O8. The molecule has 1 aliphatic heterocycles. The molecule has 7 N–H and O–H groups in total. The number of para-hydroxylation sites is 1. The maximum atomic E-state index is 15.4. The highest BCUT2D eigenvalue weighted by molar-refractivity contribution is 5.99. The van der Waals surface area contributed by atoms with Gasteiger partial charge in [0.25, 0.3) is 5.91 Å². The van der Waals surface area contributed by atoms with Gasteiger partial charge in [0.05, 0.1) is 18.0 Å². The normalized spacial score (nSPS) is 14.3. The number of ether oxygens (including phenoxy) is 1. The number of nitrogens with zero attached hydrogens (tertiary/aromatic N) is 6. The van der Waals surface area contributed by atoms with Crippen LogP contribution in [0.3, 0.4) is 0 Å². The average Bonchev–Trinajstić information content (AvgIpc) is 3.75. The van der Waals surface area contributed by atoms with Gasteiger partial charge in [-0.05, 0) is 57.0 Å². The zero-order chi connectivity index (χ0) is 46.7. The van der Waals surface area contributed by atoms with Crippen LogP contribution in [0.15, 0.2) is 66.5 Å². The quantitative estimate of drug-likeness (QED) is 0.0800. The second-order valence-electron chi connectivity index (χ2n) is 12.7. The summed E-state index contributed by atoms with van der Waals surface area (Å²) in [5.41, 5.74) is 12.3. The van der Waals surface area contributed by atoms with Crippen molar-refractivity contribution in [3.8, 4) is 28.8 Å². The SMILES string of the molecule is CC(C)(N)C=C(C#N)C(=O)N1CCC[C@@H]1Cn1nc(-c2ccc(Oc3ccccc3)cc2F)c2c(N)ncnc21.O=C(O)C(F)(F)F.O=C(O)C(F)(F)F.O=C(O)C(F)(F)F. The van der Waals surface area contributed by atoms with E-state index in [0.29, 0.717) is 35.5 Å². The first kappa shape index (κ1) is 50.1. The van der Waals surface area contributed by atoms with Gasteiger partial charge < -0.3 is 36.4 Å². The van der Waals surface area contributed by atoms with E-state index in [4.69, 9.17) is 51.0 Å². The highest BCUT2D eigenvalue weighted by Crippen LogP contribution is 2.35. The second-order valence-corrected chi connectivity index (χ2v) is 12.7. The molecule has 1 atom stereocenters. The van der Waals surface area contributed by atoms with E-state index in [1.54, 1.807) is 47.7 Å². The topological polar surface area (TPSA) is 261 Å². The first-order chi connectivity index (χ1) is 28.0. The number of aromatic nitrogens is 4. The van der Waals surface area contributed by atoms with E-state index in [9.17, 15) is 49.6 Å². The fraction of sp³-hybridized carbons (Fsp3) is 0.314. The van der Waals surface area contributed by atoms with E-state index in [2.05, 4.69) is 9.97 Å². The van der Waals surface area contributed by atoms with Gasteiger partial charge in [0.2, 0.25) is 0 Å². The Hall–Kier alpha value is -7.04. The van der Waals surface area contributed by atoms with Crippen LogP contribution in [-0.4, -0.2) is 100 Å². The molecule has 1 amide bonds. The number of carboxylic acids is 3. The molecule has 2 aromatic heterocycles. The van der Waals surface area contributed by atoms with Crippen LogP contribution in [0.25, 0.3) is 22.3 Å². The third-order valence-corrected chi connectivity index (χ3v) is 7.35. The van der Waals surface area contributed by atoms with Crippen LogP contribution >= 0.6 is 0 Å². The lowest BCUT2D eigenvalue weighted by Gasteiger charge is -2.25. The minimum absolute atomic E-state index is 0.00290. The lowest BCUT2D eigenvalue weighted by atomic mass is 10.0. The number of benzene rings is 2. The molecule has 61 heavy (non-hydrogen) atoms. The molecule has 1 fully saturated rings. The Balaban J connectivity index is 0.000000502. The van der Waals surface area contributed by atoms with Gasteiger partial charge in [-0.1, -0.05) is 18.2 Å². The summed E-state index contributed by atoms with van der Waals surface area (Å²) >= 11 is 0. The largest absolute Gasteiger partial charge is 0.490 e. The first-order valence-corrected chi connectivity index (χ1v) is 16.6. The zero-order valence-electron chi connectivity index (χ0n) is 31.2. The Morgan fingerprint density at radius 2 is 1.41 bits per heavy atom. The molecule has 0 saturated carbocycles. The number of nitriles is 1. The van der Waals surface area contributed by atoms with Crippen molar-refractivity contribution >= 4 is 40.7 Å². The molecule has 1 aliphatic rings. The number of nitrogens with two attached hydrogens (primary N) is 2. The predicted molar refractivity (Wildman–Crippen MR) is 189 cm³/mol. The molecule has 2 aromatic carbocycles. The van der Waals surface area contributed by atoms with E-state index in [0.717, 1.165) is 6.42 Å². The summed E-state index contributed by atoms with van der Waals surface area (Å²) in [6, 6.07) is 15.3. The number of rotatable bonds is 7. The maximum Gasteiger partial charge on any atom is 0.490 e. The number of carbonyl (C=O) groups excluding carboxylic acids is 1. The Morgan fingerprint density at radius 1 is 0.885 bits per heavy atom. The Bertz CT molecular complexity index is 2210. The second kappa shape index (κ2) is 20.3. The summed E-state index contributed by atoms with van der Waals surface area (Å²) in [5.74, 6) is -8.12. The summed E-state index contributed by atoms with van der Waals surface area (Å²) in [6.45, 7) is 4.22. The number of alkyl halides is 9. The Labute approximate surface area is 336 Å². The maximum absolute atomic E-state index is 15.4. The van der Waals surface area contributed by atoms with Gasteiger partial charge in [0.15, 0.2) is 5.65 Å². The summed E-state index contributed by atoms with van der Waals surface area (Å²) in [6.07, 6.45) is -11.0. The molecule has 16 nitrogen and oxygen atoms in total. The number of carboxylic acid groups (broad SMARTS) is 3. The van der Waals surface area contributed by atoms with Crippen LogP contribution in [0.4, 0.5) is 49.7 Å². The summed E-state index contributed by atoms with van der Waals surface area (Å²) in [4.78, 5) is 50.1. The van der Waals surface area contributed by atoms with Crippen LogP contribution in [-0.2, 0) is 25.7 Å². The minimum atomic E-state index is -5.08. The Kier molecular flexibility index (Phi) is 16.7. The molecule has 4 aromatic rings. The van der Waals surface area contributed by atoms with Crippen LogP contribution in [0.1, 0.15) is 26.7 Å². The Morgan fingerprint density at radius 3 is 1.87 bits per heavy atom. The number of carbonyl (C=O) groups is 4. The molecule has 3 heterocycles. The molecule has 5 rings (SSSR count). The van der Waals surface area contributed by atoms with Crippen molar-refractivity contribution in [2.75, 3.05) is 12.3 Å². The average molecular weight is 883 g/mol. The summed E-state index contributed by atoms with van der Waals surface area (Å²) in [5, 5.41) is 36.1. The van der Waals surface area contributed by atoms with Crippen molar-refractivity contribution in [2.45, 2.75) is 63.3 Å². The summed E-state index contributed by atoms with van der Waals surface area (Å²) in [7, 11) is 0. The molecule has 0 spiro atoms. The predicted octanol–water partition coefficient (Wildman–Crippen LogP) is 6.09. The van der Waals surface area contributed by atoms with Crippen molar-refractivity contribution in [1.82, 2.24) is 24.6 Å². The smallest absolute Gasteiger partial charge is 0.475 e. The fourth-order valence-corrected chi connectivity index (χ4v) is 4.88. The number of hydrogen-bond acceptors (Lipinski definition) is 11. The van der Waals surface area contributed by atoms with Gasteiger partial charge in [0.1, 0.15) is 46.8 Å². The van der Waals surface area contributed by atoms with Crippen LogP contribution in [0.5, 0.6) is 11.5 Å². The standard InChI is InChI=1S/C29H29FN8O2.3C2HF3O2/c1-29(2,33)14-18(15-31)28(39)37-12-6-7-19(37)16-38-27-24(26(32)34-17-35-27)25(36-38)22-11-10-21(13-23(22)30)40-20-8-4-3-5-9-20;3*3-2(4,5)1(6)7/h3-5,8-11,13-14,17,19H,6-7,12,16,33H2,1-2H3,(H2,32,34,35);3*(H,6,7)/t19-;;;/m1.../s1. The molecule has 0 radical (unpaired) electrons. The van der Waals surface area contributed by atoms with Gasteiger partial charge >= 0.3 is 36.4 Å². The third-order valence-electron chi connectivity index (χ3n) is 7.35. The van der Waals surface area contributed by atoms with Crippen molar-refractivity contribution < 1.29 is 83.1 Å². The highest BCUT2D eigenvalue weighted by atomic mass is 19.4. The number of amides is 1. The molecule has 0 bridgehead atoms. The number of fused-ring (bicyclic) bond motifs is 1. The third kappa shape index (κ3) is 15.3. The molecular weight excluding hydrogens is 850 g/mol. The van der Waals surface area contributed by atoms with Gasteiger partial charge in [-0.2, -0.15) is 49.9 Å². The van der Waals surface area contributed by atoms with Gasteiger partial charge in [0, 0.05) is 23.7 Å². The van der Waals surface area contributed by atoms with E-state index in [-0.39, 0.29) is 41.1 Å². The fourth-order valence-electron chi connectivity index (χ4n) is 4.88. The molecule has 0 unspecified atom stereocenters. The van der Waals surface area contributed by atoms with Gasteiger partial charge in [-0.3, -0.25) is 4.79 Å². The zero-order valence-corrected chi connectivity index (χ0v) is 31.2. The van der Waals surface area contributed by atoms with Gasteiger partial charge in [-0.25, -0.2) is 33.4 Å². The molecule has 330 valence electrons. The number of anilines is 1. The lowest BCUT2D eigenvalue weighted by Crippen LogP contribution is -2.40. The first-order valence-electron chi connectivity index (χ1n) is 16.6. The van der Waals surface area contributed by atoms with Crippen LogP contribution in [0.2, 0.25) is 0 Å². The van der Waals surface area contributed by atoms with Crippen molar-refractivity contribution in [3.05, 3.63) is 72.3 Å². The van der Waals surface area contributed by atoms with Crippen molar-refractivity contribution in [1.29, 1.82) is 5.26 Å².